The molecular weight excluding hydrogens is 220 g/mol. The van der Waals surface area contributed by atoms with Crippen LogP contribution in [0.1, 0.15) is 31.4 Å². The van der Waals surface area contributed by atoms with E-state index < -0.39 is 0 Å². The molecule has 1 aliphatic heterocycles. The first kappa shape index (κ1) is 13.6. The Morgan fingerprint density at radius 2 is 1.72 bits per heavy atom. The molecule has 0 saturated heterocycles. The average Bonchev–Trinajstić information content (AvgIpc) is 2.61. The largest absolute Gasteiger partial charge is 0.326 e. The van der Waals surface area contributed by atoms with Crippen molar-refractivity contribution < 1.29 is 0 Å². The summed E-state index contributed by atoms with van der Waals surface area (Å²) >= 11 is 0. The van der Waals surface area contributed by atoms with Gasteiger partial charge in [0, 0.05) is 25.7 Å². The van der Waals surface area contributed by atoms with E-state index in [0.29, 0.717) is 12.0 Å². The molecule has 1 aliphatic rings. The molecule has 0 spiro atoms. The molecule has 0 amide bonds. The van der Waals surface area contributed by atoms with E-state index in [1.807, 2.05) is 0 Å². The number of fused-ring (bicyclic) bond motifs is 1. The Balaban J connectivity index is 1.92. The second kappa shape index (κ2) is 6.35. The van der Waals surface area contributed by atoms with Crippen LogP contribution in [0, 0.1) is 5.92 Å². The van der Waals surface area contributed by atoms with E-state index in [4.69, 9.17) is 5.73 Å². The highest BCUT2D eigenvalue weighted by molar-refractivity contribution is 5.28. The molecule has 0 bridgehead atoms. The molecule has 2 heteroatoms. The molecule has 0 aliphatic carbocycles. The lowest BCUT2D eigenvalue weighted by Gasteiger charge is -2.27. The predicted molar refractivity (Wildman–Crippen MR) is 77.7 cm³/mol. The van der Waals surface area contributed by atoms with Gasteiger partial charge in [-0.1, -0.05) is 44.5 Å². The van der Waals surface area contributed by atoms with Crippen LogP contribution in [-0.4, -0.2) is 30.6 Å². The Bertz CT molecular complexity index is 348. The Kier molecular flexibility index (Phi) is 4.79. The van der Waals surface area contributed by atoms with Gasteiger partial charge in [0.25, 0.3) is 0 Å². The van der Waals surface area contributed by atoms with Crippen molar-refractivity contribution in [3.63, 3.8) is 0 Å². The van der Waals surface area contributed by atoms with Crippen molar-refractivity contribution in [2.75, 3.05) is 19.6 Å². The van der Waals surface area contributed by atoms with E-state index in [-0.39, 0.29) is 0 Å². The zero-order chi connectivity index (χ0) is 13.0. The normalized spacial score (nSPS) is 19.9. The number of benzene rings is 1. The fraction of sp³-hybridized carbons (Fsp3) is 0.625. The number of nitrogens with two attached hydrogens (primary N) is 1. The highest BCUT2D eigenvalue weighted by atomic mass is 15.1. The molecule has 0 saturated carbocycles. The molecule has 0 aromatic heterocycles. The Morgan fingerprint density at radius 3 is 2.22 bits per heavy atom. The van der Waals surface area contributed by atoms with Gasteiger partial charge >= 0.3 is 0 Å². The lowest BCUT2D eigenvalue weighted by molar-refractivity contribution is 0.241. The average molecular weight is 246 g/mol. The Labute approximate surface area is 111 Å². The summed E-state index contributed by atoms with van der Waals surface area (Å²) < 4.78 is 0. The second-order valence-electron chi connectivity index (χ2n) is 5.62. The molecule has 0 fully saturated rings. The van der Waals surface area contributed by atoms with Crippen LogP contribution in [0.2, 0.25) is 0 Å². The summed E-state index contributed by atoms with van der Waals surface area (Å²) in [6.45, 7) is 7.84. The first-order chi connectivity index (χ1) is 8.70. The van der Waals surface area contributed by atoms with Gasteiger partial charge in [-0.05, 0) is 29.9 Å². The van der Waals surface area contributed by atoms with Crippen LogP contribution in [0.3, 0.4) is 0 Å². The molecule has 2 nitrogen and oxygen atoms in total. The van der Waals surface area contributed by atoms with E-state index in [1.165, 1.54) is 30.4 Å². The third-order valence-corrected chi connectivity index (χ3v) is 4.36. The number of hydrogen-bond acceptors (Lipinski definition) is 2. The van der Waals surface area contributed by atoms with Gasteiger partial charge in [-0.2, -0.15) is 0 Å². The van der Waals surface area contributed by atoms with E-state index in [0.717, 1.165) is 19.6 Å². The van der Waals surface area contributed by atoms with Crippen LogP contribution in [0.5, 0.6) is 0 Å². The second-order valence-corrected chi connectivity index (χ2v) is 5.62. The van der Waals surface area contributed by atoms with Gasteiger partial charge in [0.15, 0.2) is 0 Å². The minimum atomic E-state index is 0.316. The van der Waals surface area contributed by atoms with Crippen LogP contribution in [0.4, 0.5) is 0 Å². The van der Waals surface area contributed by atoms with Gasteiger partial charge in [-0.25, -0.2) is 0 Å². The SMILES string of the molecule is CCC(C)C(N)CN1CCc2ccccc2CC1. The van der Waals surface area contributed by atoms with Crippen LogP contribution in [0.15, 0.2) is 24.3 Å². The third kappa shape index (κ3) is 3.33. The molecule has 1 aromatic rings. The topological polar surface area (TPSA) is 29.3 Å². The first-order valence-corrected chi connectivity index (χ1v) is 7.25. The molecular formula is C16H26N2. The van der Waals surface area contributed by atoms with Crippen LogP contribution < -0.4 is 5.73 Å². The Hall–Kier alpha value is -0.860. The third-order valence-electron chi connectivity index (χ3n) is 4.36. The monoisotopic (exact) mass is 246 g/mol. The zero-order valence-corrected chi connectivity index (χ0v) is 11.7. The number of hydrogen-bond donors (Lipinski definition) is 1. The highest BCUT2D eigenvalue weighted by Gasteiger charge is 2.18. The van der Waals surface area contributed by atoms with Gasteiger partial charge in [0.2, 0.25) is 0 Å². The quantitative estimate of drug-likeness (QED) is 0.884. The fourth-order valence-electron chi connectivity index (χ4n) is 2.68. The van der Waals surface area contributed by atoms with Crippen molar-refractivity contribution in [1.29, 1.82) is 0 Å². The zero-order valence-electron chi connectivity index (χ0n) is 11.7. The van der Waals surface area contributed by atoms with Crippen molar-refractivity contribution in [2.45, 2.75) is 39.2 Å². The predicted octanol–water partition coefficient (Wildman–Crippen LogP) is 2.46. The number of rotatable bonds is 4. The standard InChI is InChI=1S/C16H26N2/c1-3-13(2)16(17)12-18-10-8-14-6-4-5-7-15(14)9-11-18/h4-7,13,16H,3,8-12,17H2,1-2H3. The van der Waals surface area contributed by atoms with E-state index in [9.17, 15) is 0 Å². The molecule has 2 unspecified atom stereocenters. The van der Waals surface area contributed by atoms with Crippen molar-refractivity contribution in [1.82, 2.24) is 4.90 Å². The van der Waals surface area contributed by atoms with E-state index in [1.54, 1.807) is 0 Å². The molecule has 1 aromatic carbocycles. The molecule has 100 valence electrons. The molecule has 18 heavy (non-hydrogen) atoms. The van der Waals surface area contributed by atoms with Crippen LogP contribution in [-0.2, 0) is 12.8 Å². The maximum atomic E-state index is 6.27. The van der Waals surface area contributed by atoms with Crippen molar-refractivity contribution in [2.24, 2.45) is 11.7 Å². The van der Waals surface area contributed by atoms with Gasteiger partial charge in [-0.3, -0.25) is 0 Å². The van der Waals surface area contributed by atoms with Crippen molar-refractivity contribution in [3.05, 3.63) is 35.4 Å². The number of nitrogens with zero attached hydrogens (tertiary/aromatic N) is 1. The summed E-state index contributed by atoms with van der Waals surface area (Å²) in [6.07, 6.45) is 3.52. The van der Waals surface area contributed by atoms with Crippen molar-refractivity contribution >= 4 is 0 Å². The summed E-state index contributed by atoms with van der Waals surface area (Å²) in [6, 6.07) is 9.16. The Morgan fingerprint density at radius 1 is 1.17 bits per heavy atom. The maximum Gasteiger partial charge on any atom is 0.0193 e. The van der Waals surface area contributed by atoms with Gasteiger partial charge in [-0.15, -0.1) is 0 Å². The summed E-state index contributed by atoms with van der Waals surface area (Å²) in [5.41, 5.74) is 9.32. The molecule has 2 atom stereocenters. The highest BCUT2D eigenvalue weighted by Crippen LogP contribution is 2.16. The lowest BCUT2D eigenvalue weighted by atomic mass is 9.99. The maximum absolute atomic E-state index is 6.27. The van der Waals surface area contributed by atoms with Crippen LogP contribution in [0.25, 0.3) is 0 Å². The van der Waals surface area contributed by atoms with Gasteiger partial charge in [0.1, 0.15) is 0 Å². The first-order valence-electron chi connectivity index (χ1n) is 7.25. The summed E-state index contributed by atoms with van der Waals surface area (Å²) in [7, 11) is 0. The molecule has 0 radical (unpaired) electrons. The van der Waals surface area contributed by atoms with Gasteiger partial charge in [0.05, 0.1) is 0 Å². The summed E-state index contributed by atoms with van der Waals surface area (Å²) in [5.74, 6) is 0.621. The van der Waals surface area contributed by atoms with Crippen LogP contribution >= 0.6 is 0 Å². The molecule has 1 heterocycles. The van der Waals surface area contributed by atoms with E-state index >= 15 is 0 Å². The fourth-order valence-corrected chi connectivity index (χ4v) is 2.68. The minimum absolute atomic E-state index is 0.316. The van der Waals surface area contributed by atoms with E-state index in [2.05, 4.69) is 43.0 Å². The smallest absolute Gasteiger partial charge is 0.0193 e. The van der Waals surface area contributed by atoms with Gasteiger partial charge < -0.3 is 10.6 Å². The molecule has 2 N–H and O–H groups in total. The lowest BCUT2D eigenvalue weighted by Crippen LogP contribution is -2.42. The summed E-state index contributed by atoms with van der Waals surface area (Å²) in [4.78, 5) is 2.54. The summed E-state index contributed by atoms with van der Waals surface area (Å²) in [5, 5.41) is 0. The van der Waals surface area contributed by atoms with Crippen molar-refractivity contribution in [3.8, 4) is 0 Å². The molecule has 2 rings (SSSR count). The minimum Gasteiger partial charge on any atom is -0.326 e.